The summed E-state index contributed by atoms with van der Waals surface area (Å²) < 4.78 is 0. The van der Waals surface area contributed by atoms with Crippen molar-refractivity contribution >= 4 is 0 Å². The van der Waals surface area contributed by atoms with E-state index in [1.165, 1.54) is 16.7 Å². The van der Waals surface area contributed by atoms with E-state index in [0.29, 0.717) is 0 Å². The Morgan fingerprint density at radius 2 is 2.06 bits per heavy atom. The molecule has 2 rings (SSSR count). The zero-order valence-corrected chi connectivity index (χ0v) is 11.3. The van der Waals surface area contributed by atoms with Crippen molar-refractivity contribution in [3.05, 3.63) is 41.1 Å². The topological polar surface area (TPSA) is 54.7 Å². The SMILES string of the molecule is CCC(N)Cc1cc(-c2ccc(C)cc2C)n[nH]1. The minimum Gasteiger partial charge on any atom is -0.327 e. The van der Waals surface area contributed by atoms with Crippen molar-refractivity contribution in [3.8, 4) is 11.3 Å². The highest BCUT2D eigenvalue weighted by Gasteiger charge is 2.08. The number of H-pyrrole nitrogens is 1. The van der Waals surface area contributed by atoms with E-state index in [2.05, 4.69) is 55.2 Å². The lowest BCUT2D eigenvalue weighted by Crippen LogP contribution is -2.21. The molecule has 1 unspecified atom stereocenters. The number of hydrogen-bond acceptors (Lipinski definition) is 2. The largest absolute Gasteiger partial charge is 0.327 e. The molecule has 3 heteroatoms. The van der Waals surface area contributed by atoms with Crippen LogP contribution >= 0.6 is 0 Å². The van der Waals surface area contributed by atoms with Crippen LogP contribution in [0.5, 0.6) is 0 Å². The molecule has 2 aromatic rings. The lowest BCUT2D eigenvalue weighted by Gasteiger charge is -2.05. The van der Waals surface area contributed by atoms with Crippen LogP contribution in [-0.4, -0.2) is 16.2 Å². The summed E-state index contributed by atoms with van der Waals surface area (Å²) in [5.41, 5.74) is 11.8. The third-order valence-corrected chi connectivity index (χ3v) is 3.30. The van der Waals surface area contributed by atoms with Crippen molar-refractivity contribution in [3.63, 3.8) is 0 Å². The van der Waals surface area contributed by atoms with Crippen LogP contribution < -0.4 is 5.73 Å². The summed E-state index contributed by atoms with van der Waals surface area (Å²) in [6.07, 6.45) is 1.84. The fourth-order valence-corrected chi connectivity index (χ4v) is 2.13. The summed E-state index contributed by atoms with van der Waals surface area (Å²) in [5.74, 6) is 0. The van der Waals surface area contributed by atoms with Crippen molar-refractivity contribution in [2.45, 2.75) is 39.7 Å². The fraction of sp³-hybridized carbons (Fsp3) is 0.400. The van der Waals surface area contributed by atoms with Gasteiger partial charge in [-0.15, -0.1) is 0 Å². The Kier molecular flexibility index (Phi) is 3.82. The Bertz CT molecular complexity index is 528. The molecule has 18 heavy (non-hydrogen) atoms. The van der Waals surface area contributed by atoms with E-state index in [1.807, 2.05) is 0 Å². The molecule has 1 aromatic carbocycles. The average Bonchev–Trinajstić information content (AvgIpc) is 2.77. The smallest absolute Gasteiger partial charge is 0.0926 e. The molecular formula is C15H21N3. The van der Waals surface area contributed by atoms with Crippen molar-refractivity contribution < 1.29 is 0 Å². The molecular weight excluding hydrogens is 222 g/mol. The van der Waals surface area contributed by atoms with Gasteiger partial charge in [-0.2, -0.15) is 5.10 Å². The van der Waals surface area contributed by atoms with Crippen LogP contribution in [0.2, 0.25) is 0 Å². The molecule has 0 aliphatic heterocycles. The second kappa shape index (κ2) is 5.36. The molecule has 0 amide bonds. The molecule has 0 fully saturated rings. The van der Waals surface area contributed by atoms with Crippen LogP contribution in [0.15, 0.2) is 24.3 Å². The average molecular weight is 243 g/mol. The first-order chi connectivity index (χ1) is 8.60. The van der Waals surface area contributed by atoms with Crippen molar-refractivity contribution in [2.75, 3.05) is 0 Å². The second-order valence-electron chi connectivity index (χ2n) is 4.97. The first-order valence-corrected chi connectivity index (χ1v) is 6.47. The summed E-state index contributed by atoms with van der Waals surface area (Å²) in [6.45, 7) is 6.33. The Balaban J connectivity index is 2.24. The van der Waals surface area contributed by atoms with E-state index in [1.54, 1.807) is 0 Å². The quantitative estimate of drug-likeness (QED) is 0.867. The molecule has 1 heterocycles. The first-order valence-electron chi connectivity index (χ1n) is 6.47. The van der Waals surface area contributed by atoms with E-state index in [4.69, 9.17) is 5.73 Å². The Hall–Kier alpha value is -1.61. The van der Waals surface area contributed by atoms with Crippen molar-refractivity contribution in [2.24, 2.45) is 5.73 Å². The van der Waals surface area contributed by atoms with Crippen LogP contribution in [0.1, 0.15) is 30.2 Å². The van der Waals surface area contributed by atoms with E-state index in [-0.39, 0.29) is 6.04 Å². The fourth-order valence-electron chi connectivity index (χ4n) is 2.13. The minimum atomic E-state index is 0.206. The Labute approximate surface area is 108 Å². The van der Waals surface area contributed by atoms with E-state index >= 15 is 0 Å². The van der Waals surface area contributed by atoms with E-state index in [9.17, 15) is 0 Å². The van der Waals surface area contributed by atoms with Gasteiger partial charge >= 0.3 is 0 Å². The summed E-state index contributed by atoms with van der Waals surface area (Å²) in [6, 6.07) is 8.74. The molecule has 0 aliphatic rings. The van der Waals surface area contributed by atoms with Crippen LogP contribution in [0.4, 0.5) is 0 Å². The van der Waals surface area contributed by atoms with E-state index < -0.39 is 0 Å². The third kappa shape index (κ3) is 2.79. The summed E-state index contributed by atoms with van der Waals surface area (Å²) in [5, 5.41) is 7.47. The molecule has 3 nitrogen and oxygen atoms in total. The van der Waals surface area contributed by atoms with Crippen molar-refractivity contribution in [1.29, 1.82) is 0 Å². The van der Waals surface area contributed by atoms with Gasteiger partial charge in [-0.25, -0.2) is 0 Å². The minimum absolute atomic E-state index is 0.206. The number of nitrogens with zero attached hydrogens (tertiary/aromatic N) is 1. The van der Waals surface area contributed by atoms with Crippen molar-refractivity contribution in [1.82, 2.24) is 10.2 Å². The number of hydrogen-bond donors (Lipinski definition) is 2. The third-order valence-electron chi connectivity index (χ3n) is 3.30. The van der Waals surface area contributed by atoms with Gasteiger partial charge in [-0.3, -0.25) is 5.10 Å². The van der Waals surface area contributed by atoms with Gasteiger partial charge in [0.2, 0.25) is 0 Å². The molecule has 0 saturated carbocycles. The number of aryl methyl sites for hydroxylation is 2. The molecule has 1 aromatic heterocycles. The highest BCUT2D eigenvalue weighted by Crippen LogP contribution is 2.23. The normalized spacial score (nSPS) is 12.7. The van der Waals surface area contributed by atoms with Gasteiger partial charge in [-0.1, -0.05) is 30.7 Å². The monoisotopic (exact) mass is 243 g/mol. The predicted molar refractivity (Wildman–Crippen MR) is 75.5 cm³/mol. The molecule has 96 valence electrons. The first kappa shape index (κ1) is 12.8. The van der Waals surface area contributed by atoms with Gasteiger partial charge in [0.25, 0.3) is 0 Å². The highest BCUT2D eigenvalue weighted by molar-refractivity contribution is 5.64. The van der Waals surface area contributed by atoms with Crippen LogP contribution in [0.3, 0.4) is 0 Å². The van der Waals surface area contributed by atoms with Gasteiger partial charge in [0.15, 0.2) is 0 Å². The molecule has 0 bridgehead atoms. The predicted octanol–water partition coefficient (Wildman–Crippen LogP) is 2.97. The number of nitrogens with two attached hydrogens (primary N) is 1. The summed E-state index contributed by atoms with van der Waals surface area (Å²) in [7, 11) is 0. The van der Waals surface area contributed by atoms with E-state index in [0.717, 1.165) is 24.2 Å². The number of rotatable bonds is 4. The van der Waals surface area contributed by atoms with Gasteiger partial charge in [0.1, 0.15) is 0 Å². The molecule has 0 spiro atoms. The van der Waals surface area contributed by atoms with Gasteiger partial charge in [0, 0.05) is 23.7 Å². The Morgan fingerprint density at radius 3 is 2.72 bits per heavy atom. The standard InChI is InChI=1S/C15H21N3/c1-4-12(16)8-13-9-15(18-17-13)14-6-5-10(2)7-11(14)3/h5-7,9,12H,4,8,16H2,1-3H3,(H,17,18). The van der Waals surface area contributed by atoms with Crippen LogP contribution in [0, 0.1) is 13.8 Å². The lowest BCUT2D eigenvalue weighted by molar-refractivity contribution is 0.635. The number of benzene rings is 1. The van der Waals surface area contributed by atoms with Gasteiger partial charge in [0.05, 0.1) is 5.69 Å². The second-order valence-corrected chi connectivity index (χ2v) is 4.97. The van der Waals surface area contributed by atoms with Crippen LogP contribution in [0.25, 0.3) is 11.3 Å². The number of aromatic amines is 1. The lowest BCUT2D eigenvalue weighted by atomic mass is 10.0. The summed E-state index contributed by atoms with van der Waals surface area (Å²) >= 11 is 0. The maximum Gasteiger partial charge on any atom is 0.0926 e. The molecule has 1 atom stereocenters. The number of aromatic nitrogens is 2. The zero-order valence-electron chi connectivity index (χ0n) is 11.3. The van der Waals surface area contributed by atoms with Gasteiger partial charge in [-0.05, 0) is 31.9 Å². The Morgan fingerprint density at radius 1 is 1.28 bits per heavy atom. The molecule has 3 N–H and O–H groups in total. The van der Waals surface area contributed by atoms with Crippen LogP contribution in [-0.2, 0) is 6.42 Å². The highest BCUT2D eigenvalue weighted by atomic mass is 15.1. The zero-order chi connectivity index (χ0) is 13.1. The number of nitrogens with one attached hydrogen (secondary N) is 1. The maximum absolute atomic E-state index is 5.95. The molecule has 0 saturated heterocycles. The molecule has 0 radical (unpaired) electrons. The van der Waals surface area contributed by atoms with Gasteiger partial charge < -0.3 is 5.73 Å². The summed E-state index contributed by atoms with van der Waals surface area (Å²) in [4.78, 5) is 0. The molecule has 0 aliphatic carbocycles. The maximum atomic E-state index is 5.95.